The molecule has 1 aliphatic rings. The Balaban J connectivity index is 2.04. The van der Waals surface area contributed by atoms with E-state index >= 15 is 0 Å². The third kappa shape index (κ3) is 2.55. The minimum atomic E-state index is -3.64. The van der Waals surface area contributed by atoms with Gasteiger partial charge in [-0.2, -0.15) is 4.31 Å². The van der Waals surface area contributed by atoms with E-state index in [0.29, 0.717) is 29.1 Å². The molecule has 0 radical (unpaired) electrons. The number of nitrogens with one attached hydrogen (secondary N) is 1. The first kappa shape index (κ1) is 14.8. The van der Waals surface area contributed by atoms with E-state index in [1.165, 1.54) is 16.7 Å². The van der Waals surface area contributed by atoms with E-state index in [2.05, 4.69) is 9.97 Å². The molecule has 1 unspecified atom stereocenters. The number of aromatic nitrogens is 2. The van der Waals surface area contributed by atoms with Crippen LogP contribution in [-0.4, -0.2) is 47.5 Å². The Bertz CT molecular complexity index is 759. The highest BCUT2D eigenvalue weighted by Gasteiger charge is 2.32. The van der Waals surface area contributed by atoms with Gasteiger partial charge in [0.2, 0.25) is 10.0 Å². The van der Waals surface area contributed by atoms with E-state index in [1.807, 2.05) is 0 Å². The largest absolute Gasteiger partial charge is 0.396 e. The lowest BCUT2D eigenvalue weighted by atomic mass is 10.0. The van der Waals surface area contributed by atoms with Crippen LogP contribution in [-0.2, 0) is 10.0 Å². The second-order valence-corrected chi connectivity index (χ2v) is 7.54. The van der Waals surface area contributed by atoms with Crippen LogP contribution in [0.15, 0.2) is 23.4 Å². The summed E-state index contributed by atoms with van der Waals surface area (Å²) in [6, 6.07) is 1.57. The van der Waals surface area contributed by atoms with Gasteiger partial charge in [-0.25, -0.2) is 13.4 Å². The first-order valence-electron chi connectivity index (χ1n) is 6.76. The third-order valence-corrected chi connectivity index (χ3v) is 6.05. The van der Waals surface area contributed by atoms with Crippen molar-refractivity contribution in [2.45, 2.75) is 17.7 Å². The van der Waals surface area contributed by atoms with Crippen molar-refractivity contribution in [3.05, 3.63) is 23.5 Å². The summed E-state index contributed by atoms with van der Waals surface area (Å²) in [5, 5.41) is 10.0. The Hall–Kier alpha value is -1.15. The highest BCUT2D eigenvalue weighted by molar-refractivity contribution is 7.89. The average Bonchev–Trinajstić information content (AvgIpc) is 2.93. The van der Waals surface area contributed by atoms with Crippen LogP contribution >= 0.6 is 11.6 Å². The van der Waals surface area contributed by atoms with E-state index in [1.54, 1.807) is 6.07 Å². The zero-order chi connectivity index (χ0) is 15.0. The van der Waals surface area contributed by atoms with E-state index in [4.69, 9.17) is 11.6 Å². The zero-order valence-electron chi connectivity index (χ0n) is 11.3. The predicted molar refractivity (Wildman–Crippen MR) is 79.7 cm³/mol. The molecule has 6 nitrogen and oxygen atoms in total. The van der Waals surface area contributed by atoms with Gasteiger partial charge >= 0.3 is 0 Å². The lowest BCUT2D eigenvalue weighted by Gasteiger charge is -2.30. The van der Waals surface area contributed by atoms with Crippen molar-refractivity contribution in [2.75, 3.05) is 19.7 Å². The molecule has 2 N–H and O–H groups in total. The molecule has 1 aliphatic heterocycles. The molecule has 3 heterocycles. The molecular formula is C13H16ClN3O3S. The fourth-order valence-corrected chi connectivity index (χ4v) is 4.76. The van der Waals surface area contributed by atoms with Crippen molar-refractivity contribution >= 4 is 32.7 Å². The van der Waals surface area contributed by atoms with Gasteiger partial charge in [0, 0.05) is 32.1 Å². The zero-order valence-corrected chi connectivity index (χ0v) is 12.9. The fraction of sp³-hybridized carbons (Fsp3) is 0.462. The Morgan fingerprint density at radius 3 is 3.10 bits per heavy atom. The summed E-state index contributed by atoms with van der Waals surface area (Å²) < 4.78 is 27.0. The fourth-order valence-electron chi connectivity index (χ4n) is 2.72. The molecule has 0 spiro atoms. The highest BCUT2D eigenvalue weighted by Crippen LogP contribution is 2.31. The molecule has 21 heavy (non-hydrogen) atoms. The van der Waals surface area contributed by atoms with Crippen LogP contribution in [0, 0.1) is 5.92 Å². The molecule has 8 heteroatoms. The van der Waals surface area contributed by atoms with E-state index in [9.17, 15) is 13.5 Å². The number of piperidine rings is 1. The Morgan fingerprint density at radius 1 is 1.52 bits per heavy atom. The number of sulfonamides is 1. The minimum absolute atomic E-state index is 0.00220. The van der Waals surface area contributed by atoms with E-state index in [-0.39, 0.29) is 17.4 Å². The highest BCUT2D eigenvalue weighted by atomic mass is 35.5. The second-order valence-electron chi connectivity index (χ2n) is 5.22. The van der Waals surface area contributed by atoms with Crippen LogP contribution in [0.3, 0.4) is 0 Å². The average molecular weight is 330 g/mol. The monoisotopic (exact) mass is 329 g/mol. The van der Waals surface area contributed by atoms with Gasteiger partial charge in [0.25, 0.3) is 0 Å². The summed E-state index contributed by atoms with van der Waals surface area (Å²) in [5.41, 5.74) is 0.455. The van der Waals surface area contributed by atoms with Gasteiger partial charge in [-0.3, -0.25) is 0 Å². The molecule has 2 aromatic heterocycles. The normalized spacial score (nSPS) is 21.0. The smallest absolute Gasteiger partial charge is 0.245 e. The number of pyridine rings is 1. The molecule has 0 amide bonds. The Labute approximate surface area is 127 Å². The van der Waals surface area contributed by atoms with Gasteiger partial charge in [0.1, 0.15) is 10.5 Å². The number of hydrogen-bond acceptors (Lipinski definition) is 4. The summed E-state index contributed by atoms with van der Waals surface area (Å²) in [6.07, 6.45) is 4.55. The SMILES string of the molecule is O=S(=O)(c1c[nH]c2nccc(Cl)c12)N1CCCC(CO)C1. The van der Waals surface area contributed by atoms with Crippen LogP contribution in [0.4, 0.5) is 0 Å². The topological polar surface area (TPSA) is 86.3 Å². The molecule has 0 aromatic carbocycles. The number of rotatable bonds is 3. The molecular weight excluding hydrogens is 314 g/mol. The summed E-state index contributed by atoms with van der Waals surface area (Å²) in [7, 11) is -3.64. The number of H-pyrrole nitrogens is 1. The first-order valence-corrected chi connectivity index (χ1v) is 8.58. The van der Waals surface area contributed by atoms with Crippen LogP contribution in [0.1, 0.15) is 12.8 Å². The number of halogens is 1. The van der Waals surface area contributed by atoms with E-state index in [0.717, 1.165) is 12.8 Å². The van der Waals surface area contributed by atoms with Crippen molar-refractivity contribution < 1.29 is 13.5 Å². The summed E-state index contributed by atoms with van der Waals surface area (Å²) >= 11 is 6.12. The van der Waals surface area contributed by atoms with Crippen molar-refractivity contribution in [2.24, 2.45) is 5.92 Å². The van der Waals surface area contributed by atoms with Gasteiger partial charge in [0.05, 0.1) is 10.4 Å². The molecule has 1 saturated heterocycles. The van der Waals surface area contributed by atoms with Crippen molar-refractivity contribution in [1.29, 1.82) is 0 Å². The maximum absolute atomic E-state index is 12.8. The van der Waals surface area contributed by atoms with Crippen LogP contribution < -0.4 is 0 Å². The van der Waals surface area contributed by atoms with Crippen LogP contribution in [0.2, 0.25) is 5.02 Å². The van der Waals surface area contributed by atoms with Gasteiger partial charge in [0.15, 0.2) is 0 Å². The Morgan fingerprint density at radius 2 is 2.33 bits per heavy atom. The van der Waals surface area contributed by atoms with Gasteiger partial charge in [-0.1, -0.05) is 11.6 Å². The van der Waals surface area contributed by atoms with Crippen molar-refractivity contribution in [1.82, 2.24) is 14.3 Å². The molecule has 2 aromatic rings. The third-order valence-electron chi connectivity index (χ3n) is 3.84. The molecule has 0 bridgehead atoms. The number of aliphatic hydroxyl groups excluding tert-OH is 1. The van der Waals surface area contributed by atoms with Gasteiger partial charge in [-0.05, 0) is 24.8 Å². The summed E-state index contributed by atoms with van der Waals surface area (Å²) in [5.74, 6) is -0.00710. The second kappa shape index (κ2) is 5.57. The lowest BCUT2D eigenvalue weighted by molar-refractivity contribution is 0.165. The summed E-state index contributed by atoms with van der Waals surface area (Å²) in [6.45, 7) is 0.801. The van der Waals surface area contributed by atoms with Crippen molar-refractivity contribution in [3.8, 4) is 0 Å². The standard InChI is InChI=1S/C13H16ClN3O3S/c14-10-3-4-15-13-12(10)11(6-16-13)21(19,20)17-5-1-2-9(7-17)8-18/h3-4,6,9,18H,1-2,5,7-8H2,(H,15,16). The lowest BCUT2D eigenvalue weighted by Crippen LogP contribution is -2.40. The quantitative estimate of drug-likeness (QED) is 0.895. The molecule has 1 fully saturated rings. The maximum atomic E-state index is 12.8. The molecule has 3 rings (SSSR count). The molecule has 0 aliphatic carbocycles. The van der Waals surface area contributed by atoms with Crippen molar-refractivity contribution in [3.63, 3.8) is 0 Å². The maximum Gasteiger partial charge on any atom is 0.245 e. The molecule has 1 atom stereocenters. The van der Waals surface area contributed by atoms with Gasteiger partial charge < -0.3 is 10.1 Å². The predicted octanol–water partition coefficient (Wildman–Crippen LogP) is 1.61. The number of aromatic amines is 1. The number of nitrogens with zero attached hydrogens (tertiary/aromatic N) is 2. The number of hydrogen-bond donors (Lipinski definition) is 2. The number of fused-ring (bicyclic) bond motifs is 1. The Kier molecular flexibility index (Phi) is 3.92. The molecule has 114 valence electrons. The minimum Gasteiger partial charge on any atom is -0.396 e. The first-order chi connectivity index (χ1) is 10.0. The van der Waals surface area contributed by atoms with Gasteiger partial charge in [-0.15, -0.1) is 0 Å². The summed E-state index contributed by atoms with van der Waals surface area (Å²) in [4.78, 5) is 7.09. The van der Waals surface area contributed by atoms with E-state index < -0.39 is 10.0 Å². The molecule has 0 saturated carbocycles. The van der Waals surface area contributed by atoms with Crippen LogP contribution in [0.5, 0.6) is 0 Å². The van der Waals surface area contributed by atoms with Crippen LogP contribution in [0.25, 0.3) is 11.0 Å². The number of aliphatic hydroxyl groups is 1.